The molecule has 1 aromatic carbocycles. The summed E-state index contributed by atoms with van der Waals surface area (Å²) in [6.45, 7) is 2.72. The summed E-state index contributed by atoms with van der Waals surface area (Å²) in [5.74, 6) is 0. The number of hydrogen-bond acceptors (Lipinski definition) is 3. The van der Waals surface area contributed by atoms with Gasteiger partial charge in [-0.05, 0) is 44.1 Å². The van der Waals surface area contributed by atoms with E-state index >= 15 is 0 Å². The zero-order valence-corrected chi connectivity index (χ0v) is 11.5. The van der Waals surface area contributed by atoms with E-state index in [1.54, 1.807) is 0 Å². The first-order valence-electron chi connectivity index (χ1n) is 6.51. The Hall–Kier alpha value is -0.610. The van der Waals surface area contributed by atoms with Gasteiger partial charge in [-0.25, -0.2) is 0 Å². The van der Waals surface area contributed by atoms with Crippen molar-refractivity contribution in [3.63, 3.8) is 0 Å². The van der Waals surface area contributed by atoms with Crippen LogP contribution in [0, 0.1) is 0 Å². The van der Waals surface area contributed by atoms with Crippen molar-refractivity contribution in [2.24, 2.45) is 0 Å². The summed E-state index contributed by atoms with van der Waals surface area (Å²) >= 11 is 5.82. The van der Waals surface area contributed by atoms with Crippen molar-refractivity contribution in [2.75, 3.05) is 26.7 Å². The third-order valence-electron chi connectivity index (χ3n) is 3.64. The van der Waals surface area contributed by atoms with Gasteiger partial charge in [0.1, 0.15) is 0 Å². The molecule has 0 aromatic heterocycles. The van der Waals surface area contributed by atoms with Crippen LogP contribution in [0.4, 0.5) is 0 Å². The van der Waals surface area contributed by atoms with Gasteiger partial charge in [0, 0.05) is 24.2 Å². The maximum Gasteiger partial charge on any atom is 0.0914 e. The van der Waals surface area contributed by atoms with Gasteiger partial charge in [-0.15, -0.1) is 0 Å². The molecule has 1 fully saturated rings. The number of benzene rings is 1. The number of aliphatic hydroxyl groups excluding tert-OH is 1. The lowest BCUT2D eigenvalue weighted by Crippen LogP contribution is -2.37. The molecule has 1 aromatic rings. The van der Waals surface area contributed by atoms with Crippen molar-refractivity contribution in [2.45, 2.75) is 25.0 Å². The Balaban J connectivity index is 1.74. The van der Waals surface area contributed by atoms with Crippen LogP contribution < -0.4 is 5.32 Å². The molecule has 1 aliphatic rings. The van der Waals surface area contributed by atoms with Crippen LogP contribution in [-0.2, 0) is 0 Å². The molecule has 2 N–H and O–H groups in total. The van der Waals surface area contributed by atoms with Crippen LogP contribution in [0.5, 0.6) is 0 Å². The monoisotopic (exact) mass is 268 g/mol. The van der Waals surface area contributed by atoms with Crippen molar-refractivity contribution in [1.29, 1.82) is 0 Å². The van der Waals surface area contributed by atoms with E-state index in [9.17, 15) is 5.11 Å². The Morgan fingerprint density at radius 2 is 2.17 bits per heavy atom. The molecule has 18 heavy (non-hydrogen) atoms. The maximum absolute atomic E-state index is 10.0. The summed E-state index contributed by atoms with van der Waals surface area (Å²) in [7, 11) is 2.16. The highest BCUT2D eigenvalue weighted by atomic mass is 35.5. The van der Waals surface area contributed by atoms with Crippen molar-refractivity contribution < 1.29 is 5.11 Å². The Morgan fingerprint density at radius 1 is 1.44 bits per heavy atom. The second-order valence-corrected chi connectivity index (χ2v) is 5.44. The summed E-state index contributed by atoms with van der Waals surface area (Å²) in [5.41, 5.74) is 0.909. The molecule has 1 saturated heterocycles. The molecule has 4 heteroatoms. The smallest absolute Gasteiger partial charge is 0.0914 e. The van der Waals surface area contributed by atoms with Crippen LogP contribution in [0.1, 0.15) is 24.5 Å². The van der Waals surface area contributed by atoms with Gasteiger partial charge in [-0.3, -0.25) is 0 Å². The van der Waals surface area contributed by atoms with Gasteiger partial charge < -0.3 is 15.3 Å². The first-order chi connectivity index (χ1) is 8.66. The molecule has 0 saturated carbocycles. The zero-order valence-electron chi connectivity index (χ0n) is 10.8. The van der Waals surface area contributed by atoms with Crippen molar-refractivity contribution in [3.8, 4) is 0 Å². The number of nitrogens with zero attached hydrogens (tertiary/aromatic N) is 1. The average Bonchev–Trinajstić information content (AvgIpc) is 2.76. The number of nitrogens with one attached hydrogen (secondary N) is 1. The molecule has 0 radical (unpaired) electrons. The SMILES string of the molecule is CN1CCCC1CNCC(O)c1ccc(Cl)cc1. The summed E-state index contributed by atoms with van der Waals surface area (Å²) < 4.78 is 0. The minimum absolute atomic E-state index is 0.464. The standard InChI is InChI=1S/C14H21ClN2O/c1-17-8-2-3-13(17)9-16-10-14(18)11-4-6-12(15)7-5-11/h4-7,13-14,16,18H,2-3,8-10H2,1H3. The zero-order chi connectivity index (χ0) is 13.0. The normalized spacial score (nSPS) is 22.3. The summed E-state index contributed by atoms with van der Waals surface area (Å²) in [6.07, 6.45) is 2.07. The minimum atomic E-state index is -0.464. The Morgan fingerprint density at radius 3 is 2.78 bits per heavy atom. The molecule has 100 valence electrons. The van der Waals surface area contributed by atoms with E-state index in [0.717, 1.165) is 12.1 Å². The van der Waals surface area contributed by atoms with Gasteiger partial charge in [0.15, 0.2) is 0 Å². The van der Waals surface area contributed by atoms with Crippen LogP contribution in [-0.4, -0.2) is 42.7 Å². The van der Waals surface area contributed by atoms with Gasteiger partial charge in [0.05, 0.1) is 6.10 Å². The first kappa shape index (κ1) is 13.8. The van der Waals surface area contributed by atoms with E-state index in [1.807, 2.05) is 24.3 Å². The van der Waals surface area contributed by atoms with E-state index in [2.05, 4.69) is 17.3 Å². The summed E-state index contributed by atoms with van der Waals surface area (Å²) in [5, 5.41) is 14.1. The summed E-state index contributed by atoms with van der Waals surface area (Å²) in [4.78, 5) is 2.38. The minimum Gasteiger partial charge on any atom is -0.387 e. The van der Waals surface area contributed by atoms with Crippen molar-refractivity contribution >= 4 is 11.6 Å². The number of aliphatic hydroxyl groups is 1. The third kappa shape index (κ3) is 3.69. The van der Waals surface area contributed by atoms with Crippen LogP contribution in [0.2, 0.25) is 5.02 Å². The fourth-order valence-electron chi connectivity index (χ4n) is 2.43. The fraction of sp³-hybridized carbons (Fsp3) is 0.571. The highest BCUT2D eigenvalue weighted by Gasteiger charge is 2.20. The Bertz CT molecular complexity index is 369. The van der Waals surface area contributed by atoms with Gasteiger partial charge in [0.25, 0.3) is 0 Å². The van der Waals surface area contributed by atoms with Crippen LogP contribution >= 0.6 is 11.6 Å². The molecule has 2 atom stereocenters. The second-order valence-electron chi connectivity index (χ2n) is 5.00. The number of likely N-dealkylation sites (N-methyl/N-ethyl adjacent to an activating group) is 1. The van der Waals surface area contributed by atoms with E-state index < -0.39 is 6.10 Å². The van der Waals surface area contributed by atoms with E-state index in [4.69, 9.17) is 11.6 Å². The van der Waals surface area contributed by atoms with Gasteiger partial charge in [0.2, 0.25) is 0 Å². The second kappa shape index (κ2) is 6.53. The van der Waals surface area contributed by atoms with Crippen molar-refractivity contribution in [3.05, 3.63) is 34.9 Å². The fourth-order valence-corrected chi connectivity index (χ4v) is 2.55. The lowest BCUT2D eigenvalue weighted by Gasteiger charge is -2.21. The predicted molar refractivity (Wildman–Crippen MR) is 74.9 cm³/mol. The van der Waals surface area contributed by atoms with Gasteiger partial charge in [-0.2, -0.15) is 0 Å². The molecular weight excluding hydrogens is 248 g/mol. The third-order valence-corrected chi connectivity index (χ3v) is 3.90. The molecule has 0 spiro atoms. The van der Waals surface area contributed by atoms with Gasteiger partial charge >= 0.3 is 0 Å². The molecular formula is C14H21ClN2O. The van der Waals surface area contributed by atoms with E-state index in [0.29, 0.717) is 17.6 Å². The Kier molecular flexibility index (Phi) is 5.01. The predicted octanol–water partition coefficient (Wildman–Crippen LogP) is 2.06. The molecule has 2 rings (SSSR count). The molecule has 3 nitrogen and oxygen atoms in total. The van der Waals surface area contributed by atoms with Crippen molar-refractivity contribution in [1.82, 2.24) is 10.2 Å². The summed E-state index contributed by atoms with van der Waals surface area (Å²) in [6, 6.07) is 7.98. The molecule has 0 amide bonds. The maximum atomic E-state index is 10.0. The van der Waals surface area contributed by atoms with Gasteiger partial charge in [-0.1, -0.05) is 23.7 Å². The molecule has 0 bridgehead atoms. The topological polar surface area (TPSA) is 35.5 Å². The van der Waals surface area contributed by atoms with Crippen LogP contribution in [0.25, 0.3) is 0 Å². The van der Waals surface area contributed by atoms with E-state index in [-0.39, 0.29) is 0 Å². The average molecular weight is 269 g/mol. The van der Waals surface area contributed by atoms with E-state index in [1.165, 1.54) is 19.4 Å². The largest absolute Gasteiger partial charge is 0.387 e. The highest BCUT2D eigenvalue weighted by molar-refractivity contribution is 6.30. The lowest BCUT2D eigenvalue weighted by atomic mass is 10.1. The van der Waals surface area contributed by atoms with Crippen LogP contribution in [0.3, 0.4) is 0 Å². The number of hydrogen-bond donors (Lipinski definition) is 2. The Labute approximate surface area is 114 Å². The lowest BCUT2D eigenvalue weighted by molar-refractivity contribution is 0.170. The number of halogens is 1. The number of rotatable bonds is 5. The van der Waals surface area contributed by atoms with Crippen LogP contribution in [0.15, 0.2) is 24.3 Å². The number of likely N-dealkylation sites (tertiary alicyclic amines) is 1. The molecule has 0 aliphatic carbocycles. The molecule has 1 heterocycles. The first-order valence-corrected chi connectivity index (χ1v) is 6.89. The molecule has 2 unspecified atom stereocenters. The highest BCUT2D eigenvalue weighted by Crippen LogP contribution is 2.16. The molecule has 1 aliphatic heterocycles. The quantitative estimate of drug-likeness (QED) is 0.858.